The highest BCUT2D eigenvalue weighted by atomic mass is 16.5. The highest BCUT2D eigenvalue weighted by Crippen LogP contribution is 2.29. The van der Waals surface area contributed by atoms with Gasteiger partial charge >= 0.3 is 0 Å². The van der Waals surface area contributed by atoms with Crippen molar-refractivity contribution in [3.8, 4) is 0 Å². The van der Waals surface area contributed by atoms with Gasteiger partial charge in [0.15, 0.2) is 0 Å². The first-order chi connectivity index (χ1) is 9.90. The number of carbonyl (C=O) groups excluding carboxylic acids is 1. The number of carbonyl (C=O) groups is 1. The molecular formula is C18H35NO2. The number of rotatable bonds is 3. The zero-order chi connectivity index (χ0) is 16.3. The van der Waals surface area contributed by atoms with Crippen molar-refractivity contribution in [1.29, 1.82) is 0 Å². The van der Waals surface area contributed by atoms with Crippen LogP contribution in [0, 0.1) is 11.8 Å². The van der Waals surface area contributed by atoms with Gasteiger partial charge in [0.05, 0.1) is 18.4 Å². The van der Waals surface area contributed by atoms with Crippen molar-refractivity contribution in [2.24, 2.45) is 11.8 Å². The van der Waals surface area contributed by atoms with Gasteiger partial charge in [-0.15, -0.1) is 0 Å². The van der Waals surface area contributed by atoms with Crippen molar-refractivity contribution in [1.82, 2.24) is 5.32 Å². The van der Waals surface area contributed by atoms with Crippen LogP contribution >= 0.6 is 0 Å². The summed E-state index contributed by atoms with van der Waals surface area (Å²) < 4.78 is 4.93. The van der Waals surface area contributed by atoms with Crippen LogP contribution in [-0.4, -0.2) is 19.1 Å². The Labute approximate surface area is 131 Å². The molecule has 124 valence electrons. The van der Waals surface area contributed by atoms with Crippen molar-refractivity contribution >= 4 is 6.41 Å². The molecule has 1 amide bonds. The van der Waals surface area contributed by atoms with Crippen molar-refractivity contribution in [2.75, 3.05) is 7.11 Å². The van der Waals surface area contributed by atoms with Crippen LogP contribution in [0.4, 0.5) is 0 Å². The molecule has 0 bridgehead atoms. The predicted molar refractivity (Wildman–Crippen MR) is 90.1 cm³/mol. The molecule has 0 heterocycles. The van der Waals surface area contributed by atoms with Gasteiger partial charge in [-0.1, -0.05) is 53.4 Å². The first-order valence-electron chi connectivity index (χ1n) is 8.37. The van der Waals surface area contributed by atoms with Gasteiger partial charge in [-0.3, -0.25) is 4.79 Å². The zero-order valence-corrected chi connectivity index (χ0v) is 14.9. The standard InChI is InChI=1S/C8H16.C7H11NO2.C3H8/c1-7-4-3-5-8(2)6-7;1-7(8-5-9)3-6(4-7)10-2;1-3-2/h7-8H,3-6H2,1-2H3;3,5H,4H2,1-2H3,(H,8,9);3H2,1-2H3. The molecule has 0 spiro atoms. The molecule has 2 rings (SSSR count). The maximum absolute atomic E-state index is 10.0. The van der Waals surface area contributed by atoms with Gasteiger partial charge < -0.3 is 10.1 Å². The number of nitrogens with one attached hydrogen (secondary N) is 1. The average Bonchev–Trinajstić information content (AvgIpc) is 2.37. The van der Waals surface area contributed by atoms with E-state index in [-0.39, 0.29) is 5.54 Å². The van der Waals surface area contributed by atoms with E-state index in [2.05, 4.69) is 33.0 Å². The van der Waals surface area contributed by atoms with Gasteiger partial charge in [0.2, 0.25) is 6.41 Å². The number of amides is 1. The quantitative estimate of drug-likeness (QED) is 0.768. The third-order valence-corrected chi connectivity index (χ3v) is 3.87. The summed E-state index contributed by atoms with van der Waals surface area (Å²) in [6.07, 6.45) is 10.6. The third kappa shape index (κ3) is 8.79. The average molecular weight is 297 g/mol. The Morgan fingerprint density at radius 3 is 2.10 bits per heavy atom. The van der Waals surface area contributed by atoms with Crippen LogP contribution < -0.4 is 5.32 Å². The summed E-state index contributed by atoms with van der Waals surface area (Å²) in [6.45, 7) is 10.9. The molecule has 0 aromatic rings. The summed E-state index contributed by atoms with van der Waals surface area (Å²) in [4.78, 5) is 10.0. The molecule has 3 unspecified atom stereocenters. The Morgan fingerprint density at radius 1 is 1.33 bits per heavy atom. The van der Waals surface area contributed by atoms with Crippen LogP contribution in [0.1, 0.15) is 73.1 Å². The monoisotopic (exact) mass is 297 g/mol. The van der Waals surface area contributed by atoms with E-state index in [4.69, 9.17) is 4.74 Å². The Hall–Kier alpha value is -0.990. The maximum Gasteiger partial charge on any atom is 0.207 e. The van der Waals surface area contributed by atoms with Crippen molar-refractivity contribution in [3.05, 3.63) is 11.8 Å². The predicted octanol–water partition coefficient (Wildman–Crippen LogP) is 4.67. The summed E-state index contributed by atoms with van der Waals surface area (Å²) in [5.41, 5.74) is -0.160. The van der Waals surface area contributed by atoms with E-state index in [9.17, 15) is 4.79 Å². The molecule has 0 saturated heterocycles. The largest absolute Gasteiger partial charge is 0.501 e. The lowest BCUT2D eigenvalue weighted by Crippen LogP contribution is -2.45. The topological polar surface area (TPSA) is 38.3 Å². The Bertz CT molecular complexity index is 306. The van der Waals surface area contributed by atoms with Crippen LogP contribution in [-0.2, 0) is 9.53 Å². The van der Waals surface area contributed by atoms with E-state index < -0.39 is 0 Å². The van der Waals surface area contributed by atoms with Crippen LogP contribution in [0.25, 0.3) is 0 Å². The second kappa shape index (κ2) is 10.7. The van der Waals surface area contributed by atoms with E-state index >= 15 is 0 Å². The van der Waals surface area contributed by atoms with Crippen molar-refractivity contribution < 1.29 is 9.53 Å². The lowest BCUT2D eigenvalue weighted by Gasteiger charge is -2.34. The molecule has 0 aromatic heterocycles. The molecule has 1 saturated carbocycles. The van der Waals surface area contributed by atoms with E-state index in [0.29, 0.717) is 6.41 Å². The zero-order valence-electron chi connectivity index (χ0n) is 14.9. The van der Waals surface area contributed by atoms with Crippen LogP contribution in [0.3, 0.4) is 0 Å². The number of methoxy groups -OCH3 is 1. The summed E-state index contributed by atoms with van der Waals surface area (Å²) >= 11 is 0. The minimum absolute atomic E-state index is 0.160. The summed E-state index contributed by atoms with van der Waals surface area (Å²) in [6, 6.07) is 0. The number of ether oxygens (including phenoxy) is 1. The van der Waals surface area contributed by atoms with E-state index in [1.807, 2.05) is 13.0 Å². The maximum atomic E-state index is 10.0. The van der Waals surface area contributed by atoms with E-state index in [1.165, 1.54) is 32.1 Å². The normalized spacial score (nSPS) is 30.3. The van der Waals surface area contributed by atoms with Gasteiger partial charge in [-0.05, 0) is 31.3 Å². The fourth-order valence-electron chi connectivity index (χ4n) is 2.78. The number of hydrogen-bond acceptors (Lipinski definition) is 2. The molecule has 0 radical (unpaired) electrons. The SMILES string of the molecule is CC1CCCC(C)C1.CCC.COC1=CC(C)(NC=O)C1. The molecule has 1 N–H and O–H groups in total. The fourth-order valence-corrected chi connectivity index (χ4v) is 2.78. The molecule has 0 aromatic carbocycles. The molecule has 3 heteroatoms. The second-order valence-corrected chi connectivity index (χ2v) is 6.76. The van der Waals surface area contributed by atoms with Gasteiger partial charge in [0.1, 0.15) is 0 Å². The second-order valence-electron chi connectivity index (χ2n) is 6.76. The molecule has 3 nitrogen and oxygen atoms in total. The third-order valence-electron chi connectivity index (χ3n) is 3.87. The lowest BCUT2D eigenvalue weighted by molar-refractivity contribution is -0.110. The molecule has 1 fully saturated rings. The van der Waals surface area contributed by atoms with Crippen molar-refractivity contribution in [2.45, 2.75) is 78.7 Å². The minimum atomic E-state index is -0.160. The van der Waals surface area contributed by atoms with E-state index in [0.717, 1.165) is 24.0 Å². The number of hydrogen-bond donors (Lipinski definition) is 1. The summed E-state index contributed by atoms with van der Waals surface area (Å²) in [5.74, 6) is 2.97. The smallest absolute Gasteiger partial charge is 0.207 e. The lowest BCUT2D eigenvalue weighted by atomic mass is 9.84. The molecule has 3 atom stereocenters. The first-order valence-corrected chi connectivity index (χ1v) is 8.37. The molecule has 2 aliphatic rings. The molecule has 21 heavy (non-hydrogen) atoms. The van der Waals surface area contributed by atoms with Gasteiger partial charge in [0, 0.05) is 6.42 Å². The molecular weight excluding hydrogens is 262 g/mol. The van der Waals surface area contributed by atoms with Crippen LogP contribution in [0.15, 0.2) is 11.8 Å². The Kier molecular flexibility index (Phi) is 10.2. The highest BCUT2D eigenvalue weighted by Gasteiger charge is 2.32. The minimum Gasteiger partial charge on any atom is -0.501 e. The van der Waals surface area contributed by atoms with Gasteiger partial charge in [-0.25, -0.2) is 0 Å². The molecule has 0 aliphatic heterocycles. The van der Waals surface area contributed by atoms with E-state index in [1.54, 1.807) is 7.11 Å². The fraction of sp³-hybridized carbons (Fsp3) is 0.833. The Morgan fingerprint density at radius 2 is 1.81 bits per heavy atom. The summed E-state index contributed by atoms with van der Waals surface area (Å²) in [7, 11) is 1.63. The highest BCUT2D eigenvalue weighted by molar-refractivity contribution is 5.50. The summed E-state index contributed by atoms with van der Waals surface area (Å²) in [5, 5.41) is 2.69. The first kappa shape index (κ1) is 20.0. The van der Waals surface area contributed by atoms with Crippen molar-refractivity contribution in [3.63, 3.8) is 0 Å². The van der Waals surface area contributed by atoms with Crippen LogP contribution in [0.2, 0.25) is 0 Å². The van der Waals surface area contributed by atoms with Gasteiger partial charge in [0.25, 0.3) is 0 Å². The van der Waals surface area contributed by atoms with Crippen LogP contribution in [0.5, 0.6) is 0 Å². The Balaban J connectivity index is 0.000000327. The van der Waals surface area contributed by atoms with Gasteiger partial charge in [-0.2, -0.15) is 0 Å². The molecule has 2 aliphatic carbocycles.